The maximum absolute atomic E-state index is 11.7. The van der Waals surface area contributed by atoms with Gasteiger partial charge in [0.15, 0.2) is 5.76 Å². The first-order valence-electron chi connectivity index (χ1n) is 6.68. The van der Waals surface area contributed by atoms with E-state index in [0.29, 0.717) is 10.7 Å². The van der Waals surface area contributed by atoms with Crippen LogP contribution in [0.15, 0.2) is 52.2 Å². The molecule has 0 radical (unpaired) electrons. The number of halogens is 1. The number of benzene rings is 1. The minimum atomic E-state index is -0.446. The Hall–Kier alpha value is -2.86. The van der Waals surface area contributed by atoms with E-state index in [-0.39, 0.29) is 5.76 Å². The molecule has 2 aromatic heterocycles. The Balaban J connectivity index is 1.82. The first-order valence-corrected chi connectivity index (χ1v) is 7.06. The van der Waals surface area contributed by atoms with Gasteiger partial charge in [-0.1, -0.05) is 11.6 Å². The number of furan rings is 1. The molecule has 0 saturated heterocycles. The number of rotatable bonds is 4. The number of hydrazone groups is 1. The molecule has 2 heterocycles. The summed E-state index contributed by atoms with van der Waals surface area (Å²) >= 11 is 6.13. The van der Waals surface area contributed by atoms with Crippen LogP contribution in [0, 0.1) is 0 Å². The van der Waals surface area contributed by atoms with E-state index in [1.54, 1.807) is 19.2 Å². The minimum absolute atomic E-state index is 0.176. The number of carbonyl (C=O) groups excluding carboxylic acids is 1. The summed E-state index contributed by atoms with van der Waals surface area (Å²) in [6.45, 7) is 0. The van der Waals surface area contributed by atoms with Crippen molar-refractivity contribution in [1.82, 2.24) is 10.4 Å². The first kappa shape index (κ1) is 15.1. The smallest absolute Gasteiger partial charge is 0.307 e. The molecule has 0 unspecified atom stereocenters. The van der Waals surface area contributed by atoms with Crippen LogP contribution >= 0.6 is 11.6 Å². The highest BCUT2D eigenvalue weighted by atomic mass is 35.5. The van der Waals surface area contributed by atoms with Crippen molar-refractivity contribution >= 4 is 34.6 Å². The van der Waals surface area contributed by atoms with Crippen molar-refractivity contribution in [2.24, 2.45) is 5.10 Å². The number of amides is 1. The predicted molar refractivity (Wildman–Crippen MR) is 87.1 cm³/mol. The zero-order valence-corrected chi connectivity index (χ0v) is 12.9. The fraction of sp³-hybridized carbons (Fsp3) is 0.0625. The van der Waals surface area contributed by atoms with Crippen LogP contribution < -0.4 is 10.2 Å². The number of methoxy groups -OCH3 is 1. The number of aromatic nitrogens is 1. The molecule has 116 valence electrons. The van der Waals surface area contributed by atoms with E-state index in [1.807, 2.05) is 24.3 Å². The number of hydrogen-bond acceptors (Lipinski definition) is 5. The van der Waals surface area contributed by atoms with E-state index in [9.17, 15) is 4.79 Å². The standard InChI is InChI=1S/C16H12ClN3O3/c1-22-12-4-5-13-10(8-12)7-11(15(17)19-13)9-18-20-16(21)14-3-2-6-23-14/h2-9H,1H3,(H,20,21)/b18-9-. The molecule has 0 atom stereocenters. The Bertz CT molecular complexity index is 876. The third-order valence-electron chi connectivity index (χ3n) is 3.12. The van der Waals surface area contributed by atoms with Gasteiger partial charge in [-0.15, -0.1) is 0 Å². The molecule has 1 aromatic carbocycles. The Morgan fingerprint density at radius 2 is 2.26 bits per heavy atom. The quantitative estimate of drug-likeness (QED) is 0.453. The number of pyridine rings is 1. The van der Waals surface area contributed by atoms with Crippen molar-refractivity contribution in [2.75, 3.05) is 7.11 Å². The molecule has 3 rings (SSSR count). The largest absolute Gasteiger partial charge is 0.497 e. The predicted octanol–water partition coefficient (Wildman–Crippen LogP) is 3.25. The van der Waals surface area contributed by atoms with Crippen molar-refractivity contribution < 1.29 is 13.9 Å². The van der Waals surface area contributed by atoms with Crippen LogP contribution in [-0.4, -0.2) is 24.2 Å². The number of carbonyl (C=O) groups is 1. The van der Waals surface area contributed by atoms with Crippen LogP contribution in [0.5, 0.6) is 5.75 Å². The van der Waals surface area contributed by atoms with Gasteiger partial charge in [-0.25, -0.2) is 10.4 Å². The maximum atomic E-state index is 11.7. The van der Waals surface area contributed by atoms with Gasteiger partial charge in [0.2, 0.25) is 0 Å². The molecule has 0 saturated carbocycles. The van der Waals surface area contributed by atoms with E-state index in [0.717, 1.165) is 16.7 Å². The topological polar surface area (TPSA) is 76.7 Å². The lowest BCUT2D eigenvalue weighted by molar-refractivity contribution is 0.0927. The summed E-state index contributed by atoms with van der Waals surface area (Å²) in [6, 6.07) is 10.5. The highest BCUT2D eigenvalue weighted by Gasteiger charge is 2.07. The Kier molecular flexibility index (Phi) is 4.25. The fourth-order valence-corrected chi connectivity index (χ4v) is 2.18. The molecule has 0 spiro atoms. The highest BCUT2D eigenvalue weighted by molar-refractivity contribution is 6.32. The molecule has 1 amide bonds. The van der Waals surface area contributed by atoms with Gasteiger partial charge in [-0.05, 0) is 36.4 Å². The van der Waals surface area contributed by atoms with E-state index in [4.69, 9.17) is 20.8 Å². The average molecular weight is 330 g/mol. The summed E-state index contributed by atoms with van der Waals surface area (Å²) in [5.74, 6) is 0.447. The zero-order chi connectivity index (χ0) is 16.2. The van der Waals surface area contributed by atoms with E-state index >= 15 is 0 Å². The van der Waals surface area contributed by atoms with Crippen LogP contribution in [0.1, 0.15) is 16.1 Å². The number of hydrogen-bond donors (Lipinski definition) is 1. The lowest BCUT2D eigenvalue weighted by Crippen LogP contribution is -2.16. The third kappa shape index (κ3) is 3.32. The van der Waals surface area contributed by atoms with Crippen LogP contribution in [0.3, 0.4) is 0 Å². The molecule has 0 aliphatic rings. The Morgan fingerprint density at radius 3 is 3.00 bits per heavy atom. The first-order chi connectivity index (χ1) is 11.2. The maximum Gasteiger partial charge on any atom is 0.307 e. The van der Waals surface area contributed by atoms with E-state index in [1.165, 1.54) is 12.5 Å². The van der Waals surface area contributed by atoms with E-state index < -0.39 is 5.91 Å². The molecule has 1 N–H and O–H groups in total. The van der Waals surface area contributed by atoms with Gasteiger partial charge >= 0.3 is 5.91 Å². The number of fused-ring (bicyclic) bond motifs is 1. The second kappa shape index (κ2) is 6.50. The zero-order valence-electron chi connectivity index (χ0n) is 12.1. The summed E-state index contributed by atoms with van der Waals surface area (Å²) in [7, 11) is 1.59. The lowest BCUT2D eigenvalue weighted by atomic mass is 10.1. The van der Waals surface area contributed by atoms with Gasteiger partial charge < -0.3 is 9.15 Å². The molecular formula is C16H12ClN3O3. The monoisotopic (exact) mass is 329 g/mol. The van der Waals surface area contributed by atoms with Gasteiger partial charge in [-0.3, -0.25) is 4.79 Å². The fourth-order valence-electron chi connectivity index (χ4n) is 1.99. The number of nitrogens with one attached hydrogen (secondary N) is 1. The molecule has 0 bridgehead atoms. The molecule has 0 aliphatic heterocycles. The molecule has 23 heavy (non-hydrogen) atoms. The summed E-state index contributed by atoms with van der Waals surface area (Å²) in [5, 5.41) is 5.01. The van der Waals surface area contributed by atoms with Crippen molar-refractivity contribution in [2.45, 2.75) is 0 Å². The molecule has 3 aromatic rings. The van der Waals surface area contributed by atoms with Crippen LogP contribution in [0.25, 0.3) is 10.9 Å². The van der Waals surface area contributed by atoms with Gasteiger partial charge in [-0.2, -0.15) is 5.10 Å². The van der Waals surface area contributed by atoms with Gasteiger partial charge in [0, 0.05) is 10.9 Å². The van der Waals surface area contributed by atoms with Gasteiger partial charge in [0.1, 0.15) is 10.9 Å². The molecule has 0 fully saturated rings. The Labute approximate surface area is 136 Å². The summed E-state index contributed by atoms with van der Waals surface area (Å²) in [5.41, 5.74) is 3.68. The average Bonchev–Trinajstić information content (AvgIpc) is 3.09. The molecule has 6 nitrogen and oxygen atoms in total. The van der Waals surface area contributed by atoms with Crippen molar-refractivity contribution in [3.05, 3.63) is 59.1 Å². The van der Waals surface area contributed by atoms with Crippen LogP contribution in [0.2, 0.25) is 5.15 Å². The van der Waals surface area contributed by atoms with Gasteiger partial charge in [0.25, 0.3) is 0 Å². The molecular weight excluding hydrogens is 318 g/mol. The number of ether oxygens (including phenoxy) is 1. The van der Waals surface area contributed by atoms with E-state index in [2.05, 4.69) is 15.5 Å². The summed E-state index contributed by atoms with van der Waals surface area (Å²) < 4.78 is 10.2. The van der Waals surface area contributed by atoms with Crippen LogP contribution in [-0.2, 0) is 0 Å². The third-order valence-corrected chi connectivity index (χ3v) is 3.42. The van der Waals surface area contributed by atoms with Gasteiger partial charge in [0.05, 0.1) is 25.1 Å². The Morgan fingerprint density at radius 1 is 1.39 bits per heavy atom. The second-order valence-corrected chi connectivity index (χ2v) is 4.96. The van der Waals surface area contributed by atoms with Crippen molar-refractivity contribution in [1.29, 1.82) is 0 Å². The second-order valence-electron chi connectivity index (χ2n) is 4.60. The van der Waals surface area contributed by atoms with Crippen molar-refractivity contribution in [3.63, 3.8) is 0 Å². The highest BCUT2D eigenvalue weighted by Crippen LogP contribution is 2.23. The SMILES string of the molecule is COc1ccc2nc(Cl)c(/C=N\NC(=O)c3ccco3)cc2c1. The minimum Gasteiger partial charge on any atom is -0.497 e. The molecule has 0 aliphatic carbocycles. The normalized spacial score (nSPS) is 11.0. The molecule has 7 heteroatoms. The summed E-state index contributed by atoms with van der Waals surface area (Å²) in [4.78, 5) is 16.0. The van der Waals surface area contributed by atoms with Crippen LogP contribution in [0.4, 0.5) is 0 Å². The number of nitrogens with zero attached hydrogens (tertiary/aromatic N) is 2. The van der Waals surface area contributed by atoms with Crippen molar-refractivity contribution in [3.8, 4) is 5.75 Å². The lowest BCUT2D eigenvalue weighted by Gasteiger charge is -2.04. The summed E-state index contributed by atoms with van der Waals surface area (Å²) in [6.07, 6.45) is 2.84.